The van der Waals surface area contributed by atoms with Gasteiger partial charge in [-0.1, -0.05) is 60.7 Å². The first-order valence-corrected chi connectivity index (χ1v) is 8.62. The van der Waals surface area contributed by atoms with Crippen LogP contribution >= 0.6 is 24.8 Å². The topological polar surface area (TPSA) is 32.5 Å². The number of nitrogens with two attached hydrogens (primary N) is 1. The van der Waals surface area contributed by atoms with Crippen molar-refractivity contribution in [2.24, 2.45) is 5.73 Å². The Morgan fingerprint density at radius 1 is 0.800 bits per heavy atom. The molecule has 5 heteroatoms. The number of benzene rings is 2. The summed E-state index contributed by atoms with van der Waals surface area (Å²) in [6.45, 7) is 6.25. The van der Waals surface area contributed by atoms with Crippen molar-refractivity contribution in [1.29, 1.82) is 0 Å². The molecule has 2 N–H and O–H groups in total. The van der Waals surface area contributed by atoms with Crippen LogP contribution in [0.3, 0.4) is 0 Å². The maximum atomic E-state index is 5.69. The maximum absolute atomic E-state index is 5.69. The smallest absolute Gasteiger partial charge is 0.0389 e. The van der Waals surface area contributed by atoms with E-state index in [4.69, 9.17) is 5.73 Å². The molecule has 1 unspecified atom stereocenters. The summed E-state index contributed by atoms with van der Waals surface area (Å²) in [7, 11) is 0. The highest BCUT2D eigenvalue weighted by Crippen LogP contribution is 2.26. The fraction of sp³-hybridized carbons (Fsp3) is 0.400. The standard InChI is InChI=1S/C20H27N3.2ClH/c21-11-12-22-13-15-23(16-14-22)20(19-9-5-2-6-10-19)17-18-7-3-1-4-8-18;;/h1-10,20H,11-17,21H2;2*1H. The number of rotatable bonds is 6. The van der Waals surface area contributed by atoms with Crippen molar-refractivity contribution in [2.75, 3.05) is 39.3 Å². The molecule has 0 aliphatic carbocycles. The van der Waals surface area contributed by atoms with Gasteiger partial charge in [0.15, 0.2) is 0 Å². The Hall–Kier alpha value is -1.10. The van der Waals surface area contributed by atoms with E-state index in [2.05, 4.69) is 70.5 Å². The number of piperazine rings is 1. The average Bonchev–Trinajstić information content (AvgIpc) is 2.62. The lowest BCUT2D eigenvalue weighted by molar-refractivity contribution is 0.0973. The molecular weight excluding hydrogens is 353 g/mol. The van der Waals surface area contributed by atoms with Crippen molar-refractivity contribution < 1.29 is 0 Å². The molecule has 1 atom stereocenters. The Kier molecular flexibility index (Phi) is 10.1. The van der Waals surface area contributed by atoms with Crippen LogP contribution in [0.25, 0.3) is 0 Å². The minimum absolute atomic E-state index is 0. The van der Waals surface area contributed by atoms with E-state index in [0.717, 1.165) is 45.7 Å². The Labute approximate surface area is 164 Å². The normalized spacial score (nSPS) is 16.5. The van der Waals surface area contributed by atoms with Gasteiger partial charge in [0.25, 0.3) is 0 Å². The molecule has 1 aliphatic heterocycles. The lowest BCUT2D eigenvalue weighted by atomic mass is 9.96. The van der Waals surface area contributed by atoms with E-state index in [9.17, 15) is 0 Å². The molecule has 0 saturated carbocycles. The Bertz CT molecular complexity index is 572. The van der Waals surface area contributed by atoms with Gasteiger partial charge in [-0.25, -0.2) is 0 Å². The Balaban J connectivity index is 0.00000156. The molecule has 2 aromatic rings. The monoisotopic (exact) mass is 381 g/mol. The van der Waals surface area contributed by atoms with Gasteiger partial charge in [-0.2, -0.15) is 0 Å². The van der Waals surface area contributed by atoms with E-state index in [0.29, 0.717) is 6.04 Å². The van der Waals surface area contributed by atoms with Gasteiger partial charge in [0, 0.05) is 45.3 Å². The van der Waals surface area contributed by atoms with Gasteiger partial charge in [-0.3, -0.25) is 9.80 Å². The molecule has 3 rings (SSSR count). The van der Waals surface area contributed by atoms with Gasteiger partial charge in [-0.15, -0.1) is 24.8 Å². The second-order valence-corrected chi connectivity index (χ2v) is 6.28. The van der Waals surface area contributed by atoms with Gasteiger partial charge in [0.2, 0.25) is 0 Å². The van der Waals surface area contributed by atoms with E-state index >= 15 is 0 Å². The quantitative estimate of drug-likeness (QED) is 0.831. The highest BCUT2D eigenvalue weighted by molar-refractivity contribution is 5.85. The maximum Gasteiger partial charge on any atom is 0.0389 e. The molecule has 25 heavy (non-hydrogen) atoms. The first-order chi connectivity index (χ1) is 11.4. The molecule has 0 bridgehead atoms. The van der Waals surface area contributed by atoms with E-state index in [1.165, 1.54) is 11.1 Å². The van der Waals surface area contributed by atoms with E-state index < -0.39 is 0 Å². The molecular formula is C20H29Cl2N3. The largest absolute Gasteiger partial charge is 0.329 e. The second kappa shape index (κ2) is 11.5. The van der Waals surface area contributed by atoms with Gasteiger partial charge in [0.1, 0.15) is 0 Å². The van der Waals surface area contributed by atoms with Crippen LogP contribution in [-0.2, 0) is 6.42 Å². The highest BCUT2D eigenvalue weighted by atomic mass is 35.5. The van der Waals surface area contributed by atoms with Gasteiger partial charge >= 0.3 is 0 Å². The van der Waals surface area contributed by atoms with Crippen LogP contribution in [0.4, 0.5) is 0 Å². The minimum Gasteiger partial charge on any atom is -0.329 e. The molecule has 0 spiro atoms. The second-order valence-electron chi connectivity index (χ2n) is 6.28. The summed E-state index contributed by atoms with van der Waals surface area (Å²) < 4.78 is 0. The molecule has 0 radical (unpaired) electrons. The van der Waals surface area contributed by atoms with Gasteiger partial charge < -0.3 is 5.73 Å². The molecule has 3 nitrogen and oxygen atoms in total. The van der Waals surface area contributed by atoms with Crippen LogP contribution in [0.1, 0.15) is 17.2 Å². The molecule has 1 heterocycles. The molecule has 0 amide bonds. The third-order valence-corrected chi connectivity index (χ3v) is 4.75. The predicted octanol–water partition coefficient (Wildman–Crippen LogP) is 3.39. The molecule has 1 aliphatic rings. The van der Waals surface area contributed by atoms with Crippen LogP contribution in [0.2, 0.25) is 0 Å². The average molecular weight is 382 g/mol. The zero-order valence-corrected chi connectivity index (χ0v) is 16.2. The molecule has 0 aromatic heterocycles. The summed E-state index contributed by atoms with van der Waals surface area (Å²) in [5, 5.41) is 0. The summed E-state index contributed by atoms with van der Waals surface area (Å²) in [5.74, 6) is 0. The van der Waals surface area contributed by atoms with Crippen LogP contribution < -0.4 is 5.73 Å². The van der Waals surface area contributed by atoms with Crippen LogP contribution in [0.5, 0.6) is 0 Å². The molecule has 2 aromatic carbocycles. The third kappa shape index (κ3) is 6.28. The van der Waals surface area contributed by atoms with E-state index in [-0.39, 0.29) is 24.8 Å². The van der Waals surface area contributed by atoms with E-state index in [1.54, 1.807) is 0 Å². The summed E-state index contributed by atoms with van der Waals surface area (Å²) in [6.07, 6.45) is 1.07. The number of hydrogen-bond acceptors (Lipinski definition) is 3. The van der Waals surface area contributed by atoms with Crippen molar-refractivity contribution in [1.82, 2.24) is 9.80 Å². The summed E-state index contributed by atoms with van der Waals surface area (Å²) in [6, 6.07) is 22.2. The zero-order chi connectivity index (χ0) is 15.9. The SMILES string of the molecule is Cl.Cl.NCCN1CCN(C(Cc2ccccc2)c2ccccc2)CC1. The van der Waals surface area contributed by atoms with E-state index in [1.807, 2.05) is 0 Å². The van der Waals surface area contributed by atoms with Crippen molar-refractivity contribution in [3.8, 4) is 0 Å². The van der Waals surface area contributed by atoms with Crippen molar-refractivity contribution >= 4 is 24.8 Å². The van der Waals surface area contributed by atoms with Gasteiger partial charge in [0.05, 0.1) is 0 Å². The number of nitrogens with zero attached hydrogens (tertiary/aromatic N) is 2. The number of hydrogen-bond donors (Lipinski definition) is 1. The molecule has 138 valence electrons. The van der Waals surface area contributed by atoms with Crippen molar-refractivity contribution in [3.63, 3.8) is 0 Å². The zero-order valence-electron chi connectivity index (χ0n) is 14.6. The van der Waals surface area contributed by atoms with Crippen molar-refractivity contribution in [2.45, 2.75) is 12.5 Å². The van der Waals surface area contributed by atoms with Crippen LogP contribution in [0.15, 0.2) is 60.7 Å². The first-order valence-electron chi connectivity index (χ1n) is 8.62. The van der Waals surface area contributed by atoms with Crippen LogP contribution in [-0.4, -0.2) is 49.1 Å². The lowest BCUT2D eigenvalue weighted by Gasteiger charge is -2.39. The summed E-state index contributed by atoms with van der Waals surface area (Å²) >= 11 is 0. The summed E-state index contributed by atoms with van der Waals surface area (Å²) in [5.41, 5.74) is 8.52. The predicted molar refractivity (Wildman–Crippen MR) is 111 cm³/mol. The molecule has 1 fully saturated rings. The Morgan fingerprint density at radius 2 is 1.36 bits per heavy atom. The Morgan fingerprint density at radius 3 is 1.92 bits per heavy atom. The first kappa shape index (κ1) is 21.9. The van der Waals surface area contributed by atoms with Crippen LogP contribution in [0, 0.1) is 0 Å². The van der Waals surface area contributed by atoms with Crippen molar-refractivity contribution in [3.05, 3.63) is 71.8 Å². The highest BCUT2D eigenvalue weighted by Gasteiger charge is 2.24. The lowest BCUT2D eigenvalue weighted by Crippen LogP contribution is -2.49. The third-order valence-electron chi connectivity index (χ3n) is 4.75. The fourth-order valence-corrected chi connectivity index (χ4v) is 3.45. The minimum atomic E-state index is 0. The fourth-order valence-electron chi connectivity index (χ4n) is 3.45. The number of halogens is 2. The van der Waals surface area contributed by atoms with Gasteiger partial charge in [-0.05, 0) is 17.5 Å². The summed E-state index contributed by atoms with van der Waals surface area (Å²) in [4.78, 5) is 5.11. The molecule has 1 saturated heterocycles.